The number of carboxylic acid groups (broad SMARTS) is 1. The minimum absolute atomic E-state index is 0.333. The number of carbonyl (C=O) groups excluding carboxylic acids is 1. The zero-order valence-electron chi connectivity index (χ0n) is 7.23. The Morgan fingerprint density at radius 2 is 2.38 bits per heavy atom. The van der Waals surface area contributed by atoms with E-state index in [-0.39, 0.29) is 0 Å². The summed E-state index contributed by atoms with van der Waals surface area (Å²) in [5, 5.41) is 20.0. The molecule has 0 saturated heterocycles. The number of rotatable bonds is 3. The average molecular weight is 180 g/mol. The van der Waals surface area contributed by atoms with Crippen molar-refractivity contribution in [2.75, 3.05) is 0 Å². The molecule has 1 rings (SSSR count). The molecule has 1 N–H and O–H groups in total. The monoisotopic (exact) mass is 180 g/mol. The Kier molecular flexibility index (Phi) is 2.63. The van der Waals surface area contributed by atoms with Crippen molar-refractivity contribution in [1.29, 1.82) is 0 Å². The SMILES string of the molecule is CC(O)(CC(=O)[O-])c1ccccn1. The first-order valence-electron chi connectivity index (χ1n) is 3.86. The van der Waals surface area contributed by atoms with Crippen LogP contribution in [0.25, 0.3) is 0 Å². The summed E-state index contributed by atoms with van der Waals surface area (Å²) >= 11 is 0. The minimum Gasteiger partial charge on any atom is -0.550 e. The summed E-state index contributed by atoms with van der Waals surface area (Å²) in [6, 6.07) is 4.95. The van der Waals surface area contributed by atoms with Crippen molar-refractivity contribution >= 4 is 5.97 Å². The summed E-state index contributed by atoms with van der Waals surface area (Å²) in [6.45, 7) is 1.39. The molecule has 0 aliphatic heterocycles. The van der Waals surface area contributed by atoms with Gasteiger partial charge in [0, 0.05) is 18.6 Å². The first kappa shape index (κ1) is 9.67. The molecule has 0 aliphatic rings. The average Bonchev–Trinajstić information content (AvgIpc) is 2.04. The summed E-state index contributed by atoms with van der Waals surface area (Å²) in [5.74, 6) is -1.30. The van der Waals surface area contributed by atoms with Crippen molar-refractivity contribution in [3.8, 4) is 0 Å². The lowest BCUT2D eigenvalue weighted by Gasteiger charge is -2.22. The van der Waals surface area contributed by atoms with E-state index in [9.17, 15) is 15.0 Å². The smallest absolute Gasteiger partial charge is 0.109 e. The number of aliphatic hydroxyl groups is 1. The van der Waals surface area contributed by atoms with Gasteiger partial charge in [-0.3, -0.25) is 4.98 Å². The second-order valence-electron chi connectivity index (χ2n) is 3.04. The van der Waals surface area contributed by atoms with E-state index in [4.69, 9.17) is 0 Å². The molecule has 0 spiro atoms. The molecule has 0 fully saturated rings. The Hall–Kier alpha value is -1.42. The number of hydrogen-bond acceptors (Lipinski definition) is 4. The summed E-state index contributed by atoms with van der Waals surface area (Å²) in [7, 11) is 0. The molecule has 0 bridgehead atoms. The highest BCUT2D eigenvalue weighted by molar-refractivity contribution is 5.65. The maximum Gasteiger partial charge on any atom is 0.109 e. The van der Waals surface area contributed by atoms with Crippen LogP contribution in [-0.4, -0.2) is 16.1 Å². The van der Waals surface area contributed by atoms with Crippen LogP contribution >= 0.6 is 0 Å². The van der Waals surface area contributed by atoms with E-state index < -0.39 is 18.0 Å². The van der Waals surface area contributed by atoms with Crippen LogP contribution in [0.1, 0.15) is 19.0 Å². The third kappa shape index (κ3) is 2.52. The van der Waals surface area contributed by atoms with E-state index in [2.05, 4.69) is 4.98 Å². The third-order valence-corrected chi connectivity index (χ3v) is 1.71. The van der Waals surface area contributed by atoms with Crippen molar-refractivity contribution in [2.45, 2.75) is 18.9 Å². The van der Waals surface area contributed by atoms with Gasteiger partial charge in [0.15, 0.2) is 0 Å². The third-order valence-electron chi connectivity index (χ3n) is 1.71. The van der Waals surface area contributed by atoms with E-state index in [1.165, 1.54) is 13.1 Å². The van der Waals surface area contributed by atoms with E-state index in [1.54, 1.807) is 18.2 Å². The van der Waals surface area contributed by atoms with Crippen molar-refractivity contribution in [3.63, 3.8) is 0 Å². The molecule has 4 heteroatoms. The van der Waals surface area contributed by atoms with Gasteiger partial charge in [0.2, 0.25) is 0 Å². The van der Waals surface area contributed by atoms with Crippen LogP contribution in [0.15, 0.2) is 24.4 Å². The quantitative estimate of drug-likeness (QED) is 0.676. The Balaban J connectivity index is 2.87. The summed E-state index contributed by atoms with van der Waals surface area (Å²) in [5.41, 5.74) is -1.13. The lowest BCUT2D eigenvalue weighted by Crippen LogP contribution is -2.33. The maximum atomic E-state index is 10.3. The van der Waals surface area contributed by atoms with Crippen molar-refractivity contribution in [2.24, 2.45) is 0 Å². The highest BCUT2D eigenvalue weighted by Crippen LogP contribution is 2.21. The molecule has 1 heterocycles. The molecule has 1 unspecified atom stereocenters. The Morgan fingerprint density at radius 1 is 1.69 bits per heavy atom. The number of hydrogen-bond donors (Lipinski definition) is 1. The van der Waals surface area contributed by atoms with Gasteiger partial charge in [0.1, 0.15) is 5.60 Å². The van der Waals surface area contributed by atoms with Gasteiger partial charge in [-0.1, -0.05) is 6.07 Å². The molecule has 1 atom stereocenters. The maximum absolute atomic E-state index is 10.3. The molecule has 13 heavy (non-hydrogen) atoms. The zero-order chi connectivity index (χ0) is 9.90. The number of pyridine rings is 1. The number of carboxylic acids is 1. The molecule has 0 radical (unpaired) electrons. The van der Waals surface area contributed by atoms with Crippen LogP contribution in [0.3, 0.4) is 0 Å². The molecular weight excluding hydrogens is 170 g/mol. The van der Waals surface area contributed by atoms with Crippen LogP contribution in [0.5, 0.6) is 0 Å². The number of carbonyl (C=O) groups is 1. The molecule has 0 amide bonds. The van der Waals surface area contributed by atoms with Gasteiger partial charge in [-0.05, 0) is 19.1 Å². The van der Waals surface area contributed by atoms with Crippen molar-refractivity contribution < 1.29 is 15.0 Å². The first-order valence-corrected chi connectivity index (χ1v) is 3.86. The molecular formula is C9H10NO3-. The van der Waals surface area contributed by atoms with Gasteiger partial charge in [-0.25, -0.2) is 0 Å². The predicted octanol–water partition coefficient (Wildman–Crippen LogP) is -0.571. The molecule has 70 valence electrons. The summed E-state index contributed by atoms with van der Waals surface area (Å²) in [6.07, 6.45) is 1.04. The Bertz CT molecular complexity index is 295. The predicted molar refractivity (Wildman–Crippen MR) is 43.4 cm³/mol. The fourth-order valence-electron chi connectivity index (χ4n) is 1.05. The second kappa shape index (κ2) is 3.53. The van der Waals surface area contributed by atoms with Crippen LogP contribution in [-0.2, 0) is 10.4 Å². The largest absolute Gasteiger partial charge is 0.550 e. The second-order valence-corrected chi connectivity index (χ2v) is 3.04. The van der Waals surface area contributed by atoms with Crippen LogP contribution in [0.2, 0.25) is 0 Å². The number of nitrogens with zero attached hydrogens (tertiary/aromatic N) is 1. The standard InChI is InChI=1S/C9H11NO3/c1-9(13,6-8(11)12)7-4-2-3-5-10-7/h2-5,13H,6H2,1H3,(H,11,12)/p-1. The topological polar surface area (TPSA) is 73.2 Å². The van der Waals surface area contributed by atoms with Gasteiger partial charge in [0.25, 0.3) is 0 Å². The summed E-state index contributed by atoms with van der Waals surface area (Å²) in [4.78, 5) is 14.2. The lowest BCUT2D eigenvalue weighted by molar-refractivity contribution is -0.309. The highest BCUT2D eigenvalue weighted by Gasteiger charge is 2.24. The molecule has 4 nitrogen and oxygen atoms in total. The normalized spacial score (nSPS) is 14.9. The van der Waals surface area contributed by atoms with Crippen molar-refractivity contribution in [1.82, 2.24) is 4.98 Å². The first-order chi connectivity index (χ1) is 6.02. The van der Waals surface area contributed by atoms with Gasteiger partial charge in [-0.15, -0.1) is 0 Å². The van der Waals surface area contributed by atoms with Crippen LogP contribution in [0, 0.1) is 0 Å². The molecule has 0 aromatic carbocycles. The van der Waals surface area contributed by atoms with Gasteiger partial charge in [-0.2, -0.15) is 0 Å². The van der Waals surface area contributed by atoms with Gasteiger partial charge >= 0.3 is 0 Å². The van der Waals surface area contributed by atoms with E-state index >= 15 is 0 Å². The number of aliphatic carboxylic acids is 1. The fraction of sp³-hybridized carbons (Fsp3) is 0.333. The Labute approximate surface area is 75.9 Å². The van der Waals surface area contributed by atoms with Crippen LogP contribution < -0.4 is 5.11 Å². The number of aromatic nitrogens is 1. The summed E-state index contributed by atoms with van der Waals surface area (Å²) < 4.78 is 0. The van der Waals surface area contributed by atoms with Crippen LogP contribution in [0.4, 0.5) is 0 Å². The zero-order valence-corrected chi connectivity index (χ0v) is 7.23. The molecule has 0 aliphatic carbocycles. The van der Waals surface area contributed by atoms with E-state index in [1.807, 2.05) is 0 Å². The van der Waals surface area contributed by atoms with Gasteiger partial charge in [0.05, 0.1) is 5.69 Å². The molecule has 0 saturated carbocycles. The Morgan fingerprint density at radius 3 is 2.85 bits per heavy atom. The molecule has 1 aromatic rings. The molecule has 1 aromatic heterocycles. The minimum atomic E-state index is -1.46. The van der Waals surface area contributed by atoms with Crippen molar-refractivity contribution in [3.05, 3.63) is 30.1 Å². The van der Waals surface area contributed by atoms with E-state index in [0.717, 1.165) is 0 Å². The fourth-order valence-corrected chi connectivity index (χ4v) is 1.05. The van der Waals surface area contributed by atoms with Gasteiger partial charge < -0.3 is 15.0 Å². The highest BCUT2D eigenvalue weighted by atomic mass is 16.4. The van der Waals surface area contributed by atoms with E-state index in [0.29, 0.717) is 5.69 Å². The lowest BCUT2D eigenvalue weighted by atomic mass is 9.98.